The second-order valence-corrected chi connectivity index (χ2v) is 7.97. The number of rotatable bonds is 9. The topological polar surface area (TPSA) is 88.9 Å². The molecular weight excluding hydrogens is 398 g/mol. The van der Waals surface area contributed by atoms with Crippen molar-refractivity contribution in [2.24, 2.45) is 5.92 Å². The second-order valence-electron chi connectivity index (χ2n) is 6.59. The molecule has 1 aromatic heterocycles. The minimum Gasteiger partial charge on any atom is -0.341 e. The van der Waals surface area contributed by atoms with E-state index in [9.17, 15) is 9.59 Å². The van der Waals surface area contributed by atoms with Gasteiger partial charge in [0.05, 0.1) is 5.75 Å². The average Bonchev–Trinajstić information content (AvgIpc) is 3.07. The molecule has 1 atom stereocenters. The first kappa shape index (κ1) is 22.2. The predicted molar refractivity (Wildman–Crippen MR) is 112 cm³/mol. The van der Waals surface area contributed by atoms with Gasteiger partial charge in [-0.3, -0.25) is 10.1 Å². The lowest BCUT2D eigenvalue weighted by molar-refractivity contribution is -0.117. The van der Waals surface area contributed by atoms with Gasteiger partial charge in [-0.1, -0.05) is 50.1 Å². The van der Waals surface area contributed by atoms with E-state index in [2.05, 4.69) is 34.7 Å². The molecule has 2 N–H and O–H groups in total. The van der Waals surface area contributed by atoms with Crippen LogP contribution in [0.3, 0.4) is 0 Å². The van der Waals surface area contributed by atoms with Crippen molar-refractivity contribution in [1.82, 2.24) is 25.4 Å². The van der Waals surface area contributed by atoms with E-state index in [1.807, 2.05) is 28.8 Å². The van der Waals surface area contributed by atoms with E-state index in [4.69, 9.17) is 11.6 Å². The van der Waals surface area contributed by atoms with Gasteiger partial charge in [0.25, 0.3) is 0 Å². The zero-order valence-electron chi connectivity index (χ0n) is 16.4. The van der Waals surface area contributed by atoms with Crippen LogP contribution in [0.15, 0.2) is 29.4 Å². The van der Waals surface area contributed by atoms with Crippen LogP contribution >= 0.6 is 23.4 Å². The Hall–Kier alpha value is -2.06. The van der Waals surface area contributed by atoms with Gasteiger partial charge in [0.1, 0.15) is 0 Å². The zero-order chi connectivity index (χ0) is 20.5. The van der Waals surface area contributed by atoms with Crippen molar-refractivity contribution < 1.29 is 9.59 Å². The van der Waals surface area contributed by atoms with Crippen LogP contribution in [0.25, 0.3) is 11.4 Å². The Labute approximate surface area is 174 Å². The van der Waals surface area contributed by atoms with Crippen molar-refractivity contribution in [3.05, 3.63) is 29.3 Å². The number of carbonyl (C=O) groups excluding carboxylic acids is 2. The molecule has 0 aliphatic rings. The van der Waals surface area contributed by atoms with Crippen LogP contribution in [0.5, 0.6) is 0 Å². The van der Waals surface area contributed by atoms with Crippen LogP contribution in [-0.2, 0) is 11.3 Å². The lowest BCUT2D eigenvalue weighted by Crippen LogP contribution is -2.38. The Morgan fingerprint density at radius 3 is 2.61 bits per heavy atom. The summed E-state index contributed by atoms with van der Waals surface area (Å²) in [5, 5.41) is 14.5. The van der Waals surface area contributed by atoms with Gasteiger partial charge in [-0.2, -0.15) is 0 Å². The molecule has 0 fully saturated rings. The summed E-state index contributed by atoms with van der Waals surface area (Å²) in [5.41, 5.74) is 0.918. The minimum atomic E-state index is -0.526. The number of amides is 3. The van der Waals surface area contributed by atoms with Gasteiger partial charge in [-0.15, -0.1) is 10.2 Å². The van der Waals surface area contributed by atoms with Crippen LogP contribution in [0, 0.1) is 5.92 Å². The van der Waals surface area contributed by atoms with Gasteiger partial charge in [0.15, 0.2) is 11.0 Å². The Balaban J connectivity index is 2.20. The van der Waals surface area contributed by atoms with Gasteiger partial charge < -0.3 is 9.88 Å². The standard InChI is InChI=1S/C19H26ClN5O2S/c1-4-5-6-13(2)11-25-17(14-7-9-15(20)10-8-14)23-24-19(25)28-12-16(26)22-18(27)21-3/h7-10,13H,4-6,11-12H2,1-3H3,(H2,21,22,26,27). The number of unbranched alkanes of at least 4 members (excludes halogenated alkanes) is 1. The van der Waals surface area contributed by atoms with E-state index in [-0.39, 0.29) is 11.7 Å². The van der Waals surface area contributed by atoms with E-state index < -0.39 is 6.03 Å². The fourth-order valence-corrected chi connectivity index (χ4v) is 3.56. The number of hydrogen-bond acceptors (Lipinski definition) is 5. The van der Waals surface area contributed by atoms with Crippen LogP contribution < -0.4 is 10.6 Å². The summed E-state index contributed by atoms with van der Waals surface area (Å²) in [7, 11) is 1.46. The van der Waals surface area contributed by atoms with Gasteiger partial charge in [-0.05, 0) is 36.6 Å². The maximum Gasteiger partial charge on any atom is 0.321 e. The Bertz CT molecular complexity index is 794. The molecule has 1 unspecified atom stereocenters. The normalized spacial score (nSPS) is 11.9. The fourth-order valence-electron chi connectivity index (χ4n) is 2.68. The number of nitrogens with zero attached hydrogens (tertiary/aromatic N) is 3. The molecule has 7 nitrogen and oxygen atoms in total. The molecule has 1 aromatic carbocycles. The fraction of sp³-hybridized carbons (Fsp3) is 0.474. The average molecular weight is 424 g/mol. The maximum atomic E-state index is 11.9. The maximum absolute atomic E-state index is 11.9. The zero-order valence-corrected chi connectivity index (χ0v) is 17.9. The van der Waals surface area contributed by atoms with Gasteiger partial charge in [-0.25, -0.2) is 4.79 Å². The Morgan fingerprint density at radius 2 is 1.96 bits per heavy atom. The SMILES string of the molecule is CCCCC(C)Cn1c(SCC(=O)NC(=O)NC)nnc1-c1ccc(Cl)cc1. The molecule has 0 aliphatic heterocycles. The Morgan fingerprint density at radius 1 is 1.25 bits per heavy atom. The summed E-state index contributed by atoms with van der Waals surface area (Å²) in [5.74, 6) is 0.886. The number of imide groups is 1. The summed E-state index contributed by atoms with van der Waals surface area (Å²) in [6, 6.07) is 6.93. The van der Waals surface area contributed by atoms with E-state index in [0.29, 0.717) is 16.1 Å². The highest BCUT2D eigenvalue weighted by molar-refractivity contribution is 7.99. The molecule has 0 saturated carbocycles. The molecule has 2 aromatic rings. The molecule has 1 heterocycles. The number of thioether (sulfide) groups is 1. The molecule has 28 heavy (non-hydrogen) atoms. The third kappa shape index (κ3) is 6.53. The number of hydrogen-bond donors (Lipinski definition) is 2. The highest BCUT2D eigenvalue weighted by Crippen LogP contribution is 2.27. The van der Waals surface area contributed by atoms with Crippen molar-refractivity contribution in [3.63, 3.8) is 0 Å². The molecule has 0 spiro atoms. The predicted octanol–water partition coefficient (Wildman–Crippen LogP) is 3.97. The lowest BCUT2D eigenvalue weighted by Gasteiger charge is -2.15. The van der Waals surface area contributed by atoms with Crippen molar-refractivity contribution in [1.29, 1.82) is 0 Å². The summed E-state index contributed by atoms with van der Waals surface area (Å²) in [4.78, 5) is 23.2. The molecule has 2 rings (SSSR count). The molecule has 0 saturated heterocycles. The van der Waals surface area contributed by atoms with E-state index in [1.54, 1.807) is 0 Å². The van der Waals surface area contributed by atoms with Crippen LogP contribution in [0.2, 0.25) is 5.02 Å². The number of aromatic nitrogens is 3. The monoisotopic (exact) mass is 423 g/mol. The van der Waals surface area contributed by atoms with Gasteiger partial charge >= 0.3 is 6.03 Å². The number of urea groups is 1. The number of benzene rings is 1. The third-order valence-electron chi connectivity index (χ3n) is 4.18. The lowest BCUT2D eigenvalue weighted by atomic mass is 10.0. The summed E-state index contributed by atoms with van der Waals surface area (Å²) < 4.78 is 2.04. The summed E-state index contributed by atoms with van der Waals surface area (Å²) in [6.45, 7) is 5.13. The molecular formula is C19H26ClN5O2S. The van der Waals surface area contributed by atoms with Gasteiger partial charge in [0.2, 0.25) is 5.91 Å². The first-order valence-corrected chi connectivity index (χ1v) is 10.6. The first-order chi connectivity index (χ1) is 13.4. The molecule has 0 radical (unpaired) electrons. The van der Waals surface area contributed by atoms with Crippen molar-refractivity contribution >= 4 is 35.3 Å². The van der Waals surface area contributed by atoms with Crippen LogP contribution in [-0.4, -0.2) is 39.5 Å². The molecule has 0 aliphatic carbocycles. The van der Waals surface area contributed by atoms with Crippen LogP contribution in [0.1, 0.15) is 33.1 Å². The van der Waals surface area contributed by atoms with Crippen molar-refractivity contribution in [2.75, 3.05) is 12.8 Å². The minimum absolute atomic E-state index is 0.0789. The molecule has 0 bridgehead atoms. The highest BCUT2D eigenvalue weighted by atomic mass is 35.5. The summed E-state index contributed by atoms with van der Waals surface area (Å²) >= 11 is 7.26. The number of nitrogens with one attached hydrogen (secondary N) is 2. The Kier molecular flexibility index (Phi) is 8.79. The second kappa shape index (κ2) is 11.1. The van der Waals surface area contributed by atoms with E-state index in [0.717, 1.165) is 37.2 Å². The van der Waals surface area contributed by atoms with Crippen molar-refractivity contribution in [2.45, 2.75) is 44.8 Å². The number of carbonyl (C=O) groups is 2. The largest absolute Gasteiger partial charge is 0.341 e. The highest BCUT2D eigenvalue weighted by Gasteiger charge is 2.18. The van der Waals surface area contributed by atoms with Crippen molar-refractivity contribution in [3.8, 4) is 11.4 Å². The van der Waals surface area contributed by atoms with Gasteiger partial charge in [0, 0.05) is 24.2 Å². The number of halogens is 1. The molecule has 152 valence electrons. The smallest absolute Gasteiger partial charge is 0.321 e. The quantitative estimate of drug-likeness (QED) is 0.595. The molecule has 9 heteroatoms. The van der Waals surface area contributed by atoms with E-state index in [1.165, 1.54) is 18.8 Å². The van der Waals surface area contributed by atoms with Crippen LogP contribution in [0.4, 0.5) is 4.79 Å². The van der Waals surface area contributed by atoms with E-state index >= 15 is 0 Å². The summed E-state index contributed by atoms with van der Waals surface area (Å²) in [6.07, 6.45) is 3.42. The third-order valence-corrected chi connectivity index (χ3v) is 5.40. The molecule has 3 amide bonds. The first-order valence-electron chi connectivity index (χ1n) is 9.28.